The highest BCUT2D eigenvalue weighted by atomic mass is 35.5. The zero-order chi connectivity index (χ0) is 15.5. The van der Waals surface area contributed by atoms with Gasteiger partial charge in [-0.2, -0.15) is 0 Å². The van der Waals surface area contributed by atoms with Crippen LogP contribution in [0.1, 0.15) is 10.8 Å². The van der Waals surface area contributed by atoms with Gasteiger partial charge in [0, 0.05) is 5.02 Å². The van der Waals surface area contributed by atoms with Gasteiger partial charge in [-0.1, -0.05) is 23.7 Å². The number of rotatable bonds is 5. The van der Waals surface area contributed by atoms with Crippen molar-refractivity contribution < 1.29 is 18.9 Å². The van der Waals surface area contributed by atoms with Gasteiger partial charge in [0.25, 0.3) is 0 Å². The molecule has 21 heavy (non-hydrogen) atoms. The lowest BCUT2D eigenvalue weighted by Crippen LogP contribution is -2.54. The molecule has 0 aliphatic heterocycles. The third-order valence-electron chi connectivity index (χ3n) is 3.27. The van der Waals surface area contributed by atoms with Crippen molar-refractivity contribution in [1.29, 1.82) is 0 Å². The van der Waals surface area contributed by atoms with Gasteiger partial charge in [0.15, 0.2) is 9.84 Å². The van der Waals surface area contributed by atoms with E-state index in [-0.39, 0.29) is 11.4 Å². The summed E-state index contributed by atoms with van der Waals surface area (Å²) in [4.78, 5) is 0.256. The highest BCUT2D eigenvalue weighted by Gasteiger charge is 2.29. The normalized spacial score (nSPS) is 12.9. The number of hydrogen-bond donors (Lipinski definition) is 1. The summed E-state index contributed by atoms with van der Waals surface area (Å²) in [5.74, 6) is 0.617. The molecule has 0 saturated heterocycles. The molecule has 2 aromatic carbocycles. The van der Waals surface area contributed by atoms with Gasteiger partial charge in [-0.25, -0.2) is 8.42 Å². The summed E-state index contributed by atoms with van der Waals surface area (Å²) in [5, 5.41) is -0.119. The van der Waals surface area contributed by atoms with Crippen molar-refractivity contribution in [2.45, 2.75) is 10.1 Å². The van der Waals surface area contributed by atoms with Crippen molar-refractivity contribution in [2.75, 3.05) is 13.7 Å². The Bertz CT molecular complexity index is 697. The van der Waals surface area contributed by atoms with Gasteiger partial charge in [0.1, 0.15) is 11.0 Å². The topological polar surface area (TPSA) is 71.0 Å². The number of methoxy groups -OCH3 is 1. The summed E-state index contributed by atoms with van der Waals surface area (Å²) >= 11 is 5.85. The molecule has 0 aliphatic rings. The fraction of sp³-hybridized carbons (Fsp3) is 0.200. The summed E-state index contributed by atoms with van der Waals surface area (Å²) in [6.45, 7) is 0.246. The molecule has 0 fully saturated rings. The number of quaternary nitrogens is 1. The molecule has 0 saturated carbocycles. The first-order valence-corrected chi connectivity index (χ1v) is 8.34. The number of benzene rings is 2. The lowest BCUT2D eigenvalue weighted by molar-refractivity contribution is -0.367. The Hall–Kier alpha value is -1.56. The molecule has 0 aromatic heterocycles. The van der Waals surface area contributed by atoms with E-state index in [9.17, 15) is 8.42 Å². The third-order valence-corrected chi connectivity index (χ3v) is 5.70. The van der Waals surface area contributed by atoms with Crippen LogP contribution in [0, 0.1) is 0 Å². The number of ether oxygens (including phenoxy) is 1. The first-order chi connectivity index (χ1) is 9.98. The lowest BCUT2D eigenvalue weighted by atomic mass is 10.1. The highest BCUT2D eigenvalue weighted by molar-refractivity contribution is 7.91. The van der Waals surface area contributed by atoms with Crippen LogP contribution in [0.5, 0.6) is 5.75 Å². The summed E-state index contributed by atoms with van der Waals surface area (Å²) in [7, 11) is -1.97. The van der Waals surface area contributed by atoms with Crippen molar-refractivity contribution in [2.24, 2.45) is 0 Å². The van der Waals surface area contributed by atoms with Crippen LogP contribution in [0.25, 0.3) is 0 Å². The van der Waals surface area contributed by atoms with Gasteiger partial charge < -0.3 is 10.5 Å². The molecule has 3 N–H and O–H groups in total. The summed E-state index contributed by atoms with van der Waals surface area (Å²) in [6.07, 6.45) is 0. The average Bonchev–Trinajstić information content (AvgIpc) is 2.50. The SMILES string of the molecule is COc1ccc(S(=O)(=O)[C@H](C[NH3+])c2ccc(Cl)cc2)cc1. The van der Waals surface area contributed by atoms with Crippen molar-refractivity contribution in [3.63, 3.8) is 0 Å². The van der Waals surface area contributed by atoms with Gasteiger partial charge in [-0.05, 0) is 42.0 Å². The zero-order valence-electron chi connectivity index (χ0n) is 11.6. The Morgan fingerprint density at radius 2 is 1.67 bits per heavy atom. The molecule has 1 atom stereocenters. The third kappa shape index (κ3) is 3.37. The van der Waals surface area contributed by atoms with E-state index in [4.69, 9.17) is 16.3 Å². The fourth-order valence-corrected chi connectivity index (χ4v) is 3.90. The average molecular weight is 327 g/mol. The summed E-state index contributed by atoms with van der Waals surface area (Å²) in [6, 6.07) is 13.2. The molecule has 6 heteroatoms. The van der Waals surface area contributed by atoms with Crippen LogP contribution >= 0.6 is 11.6 Å². The minimum absolute atomic E-state index is 0.246. The minimum atomic E-state index is -3.50. The van der Waals surface area contributed by atoms with Crippen molar-refractivity contribution in [3.05, 3.63) is 59.1 Å². The van der Waals surface area contributed by atoms with Gasteiger partial charge in [-0.15, -0.1) is 0 Å². The largest absolute Gasteiger partial charge is 0.497 e. The van der Waals surface area contributed by atoms with E-state index >= 15 is 0 Å². The molecule has 0 bridgehead atoms. The van der Waals surface area contributed by atoms with E-state index < -0.39 is 15.1 Å². The molecular weight excluding hydrogens is 310 g/mol. The van der Waals surface area contributed by atoms with Crippen LogP contribution in [0.4, 0.5) is 0 Å². The predicted octanol–water partition coefficient (Wildman–Crippen LogP) is 2.11. The smallest absolute Gasteiger partial charge is 0.190 e. The maximum absolute atomic E-state index is 12.7. The predicted molar refractivity (Wildman–Crippen MR) is 82.1 cm³/mol. The second-order valence-electron chi connectivity index (χ2n) is 4.55. The molecule has 0 spiro atoms. The van der Waals surface area contributed by atoms with Crippen LogP contribution < -0.4 is 10.5 Å². The van der Waals surface area contributed by atoms with E-state index in [0.29, 0.717) is 16.3 Å². The van der Waals surface area contributed by atoms with Crippen molar-refractivity contribution >= 4 is 21.4 Å². The number of halogens is 1. The molecule has 0 aliphatic carbocycles. The van der Waals surface area contributed by atoms with Crippen LogP contribution in [0.3, 0.4) is 0 Å². The Balaban J connectivity index is 2.41. The standard InChI is InChI=1S/C15H16ClNO3S/c1-20-13-6-8-14(9-7-13)21(18,19)15(10-17)11-2-4-12(16)5-3-11/h2-9,15H,10,17H2,1H3/p+1/t15-/m1/s1. The maximum Gasteiger partial charge on any atom is 0.190 e. The van der Waals surface area contributed by atoms with E-state index in [1.807, 2.05) is 0 Å². The van der Waals surface area contributed by atoms with Crippen LogP contribution in [-0.4, -0.2) is 22.1 Å². The Kier molecular flexibility index (Phi) is 4.88. The summed E-state index contributed by atoms with van der Waals surface area (Å²) < 4.78 is 30.5. The molecule has 4 nitrogen and oxygen atoms in total. The summed E-state index contributed by atoms with van der Waals surface area (Å²) in [5.41, 5.74) is 4.46. The van der Waals surface area contributed by atoms with Gasteiger partial charge in [-0.3, -0.25) is 0 Å². The van der Waals surface area contributed by atoms with Gasteiger partial charge in [0.05, 0.1) is 18.6 Å². The Labute approximate surface area is 129 Å². The monoisotopic (exact) mass is 326 g/mol. The van der Waals surface area contributed by atoms with Crippen LogP contribution in [-0.2, 0) is 9.84 Å². The Morgan fingerprint density at radius 3 is 2.14 bits per heavy atom. The van der Waals surface area contributed by atoms with Crippen molar-refractivity contribution in [1.82, 2.24) is 0 Å². The van der Waals surface area contributed by atoms with Gasteiger partial charge in [0.2, 0.25) is 0 Å². The first-order valence-electron chi connectivity index (χ1n) is 6.41. The molecule has 2 rings (SSSR count). The zero-order valence-corrected chi connectivity index (χ0v) is 13.2. The minimum Gasteiger partial charge on any atom is -0.497 e. The van der Waals surface area contributed by atoms with Crippen LogP contribution in [0.2, 0.25) is 5.02 Å². The maximum atomic E-state index is 12.7. The molecule has 112 valence electrons. The van der Waals surface area contributed by atoms with E-state index in [1.54, 1.807) is 48.5 Å². The lowest BCUT2D eigenvalue weighted by Gasteiger charge is -2.15. The van der Waals surface area contributed by atoms with Crippen molar-refractivity contribution in [3.8, 4) is 5.75 Å². The van der Waals surface area contributed by atoms with Gasteiger partial charge >= 0.3 is 0 Å². The molecule has 0 amide bonds. The molecule has 2 aromatic rings. The number of sulfone groups is 1. The van der Waals surface area contributed by atoms with E-state index in [2.05, 4.69) is 5.73 Å². The highest BCUT2D eigenvalue weighted by Crippen LogP contribution is 2.29. The fourth-order valence-electron chi connectivity index (χ4n) is 2.11. The molecule has 0 radical (unpaired) electrons. The van der Waals surface area contributed by atoms with E-state index in [1.165, 1.54) is 7.11 Å². The first kappa shape index (κ1) is 15.8. The molecular formula is C15H17ClNO3S+. The second kappa shape index (κ2) is 6.47. The number of hydrogen-bond acceptors (Lipinski definition) is 3. The Morgan fingerprint density at radius 1 is 1.10 bits per heavy atom. The quantitative estimate of drug-likeness (QED) is 0.914. The van der Waals surface area contributed by atoms with E-state index in [0.717, 1.165) is 0 Å². The second-order valence-corrected chi connectivity index (χ2v) is 7.12. The molecule has 0 heterocycles. The molecule has 0 unspecified atom stereocenters. The van der Waals surface area contributed by atoms with Crippen LogP contribution in [0.15, 0.2) is 53.4 Å².